The van der Waals surface area contributed by atoms with Crippen LogP contribution in [-0.2, 0) is 9.59 Å². The van der Waals surface area contributed by atoms with E-state index in [-0.39, 0.29) is 18.4 Å². The zero-order valence-corrected chi connectivity index (χ0v) is 14.0. The number of nitrogens with one attached hydrogen (secondary N) is 2. The Morgan fingerprint density at radius 3 is 2.88 bits per heavy atom. The SMILES string of the molecule is C[C@H]1CCCC[C@@]12NC(=O)N(CC(=O)Nc1ccccc1C#N)C2=O. The molecule has 1 heterocycles. The van der Waals surface area contributed by atoms with E-state index in [1.807, 2.05) is 13.0 Å². The van der Waals surface area contributed by atoms with Crippen molar-refractivity contribution in [3.05, 3.63) is 29.8 Å². The molecular formula is C18H20N4O3. The van der Waals surface area contributed by atoms with Gasteiger partial charge in [0.25, 0.3) is 5.91 Å². The van der Waals surface area contributed by atoms with Crippen molar-refractivity contribution in [2.45, 2.75) is 38.1 Å². The highest BCUT2D eigenvalue weighted by Gasteiger charge is 2.55. The van der Waals surface area contributed by atoms with Crippen molar-refractivity contribution in [2.24, 2.45) is 5.92 Å². The lowest BCUT2D eigenvalue weighted by Crippen LogP contribution is -2.54. The molecular weight excluding hydrogens is 320 g/mol. The van der Waals surface area contributed by atoms with Crippen LogP contribution in [0.25, 0.3) is 0 Å². The van der Waals surface area contributed by atoms with E-state index in [0.717, 1.165) is 24.2 Å². The van der Waals surface area contributed by atoms with Gasteiger partial charge in [-0.25, -0.2) is 4.79 Å². The summed E-state index contributed by atoms with van der Waals surface area (Å²) in [7, 11) is 0. The maximum Gasteiger partial charge on any atom is 0.325 e. The molecule has 2 N–H and O–H groups in total. The molecule has 25 heavy (non-hydrogen) atoms. The molecule has 0 radical (unpaired) electrons. The van der Waals surface area contributed by atoms with E-state index in [4.69, 9.17) is 5.26 Å². The molecule has 1 saturated heterocycles. The summed E-state index contributed by atoms with van der Waals surface area (Å²) in [4.78, 5) is 38.4. The molecule has 2 atom stereocenters. The van der Waals surface area contributed by atoms with Crippen molar-refractivity contribution in [3.63, 3.8) is 0 Å². The summed E-state index contributed by atoms with van der Waals surface area (Å²) >= 11 is 0. The molecule has 1 aliphatic carbocycles. The van der Waals surface area contributed by atoms with Crippen molar-refractivity contribution in [1.82, 2.24) is 10.2 Å². The molecule has 0 bridgehead atoms. The zero-order valence-electron chi connectivity index (χ0n) is 14.0. The van der Waals surface area contributed by atoms with Crippen LogP contribution in [0, 0.1) is 17.2 Å². The molecule has 7 heteroatoms. The number of amides is 4. The monoisotopic (exact) mass is 340 g/mol. The van der Waals surface area contributed by atoms with E-state index >= 15 is 0 Å². The first-order valence-electron chi connectivity index (χ1n) is 8.41. The Bertz CT molecular complexity index is 770. The standard InChI is InChI=1S/C18H20N4O3/c1-12-6-4-5-9-18(12)16(24)22(17(25)21-18)11-15(23)20-14-8-3-2-7-13(14)10-19/h2-3,7-8,12H,4-6,9,11H2,1H3,(H,20,23)(H,21,25)/t12-,18+/m0/s1. The third-order valence-electron chi connectivity index (χ3n) is 5.12. The van der Waals surface area contributed by atoms with Crippen LogP contribution in [0.15, 0.2) is 24.3 Å². The molecule has 1 spiro atoms. The molecule has 1 aromatic carbocycles. The van der Waals surface area contributed by atoms with Crippen molar-refractivity contribution in [1.29, 1.82) is 5.26 Å². The van der Waals surface area contributed by atoms with Gasteiger partial charge >= 0.3 is 6.03 Å². The topological polar surface area (TPSA) is 102 Å². The second-order valence-corrected chi connectivity index (χ2v) is 6.65. The molecule has 2 aliphatic rings. The molecule has 0 unspecified atom stereocenters. The number of hydrogen-bond donors (Lipinski definition) is 2. The van der Waals surface area contributed by atoms with E-state index in [9.17, 15) is 14.4 Å². The van der Waals surface area contributed by atoms with Gasteiger partial charge in [0.1, 0.15) is 18.2 Å². The summed E-state index contributed by atoms with van der Waals surface area (Å²) in [5, 5.41) is 14.5. The van der Waals surface area contributed by atoms with Crippen LogP contribution >= 0.6 is 0 Å². The van der Waals surface area contributed by atoms with Gasteiger partial charge in [-0.05, 0) is 30.9 Å². The molecule has 1 aromatic rings. The number of imide groups is 1. The summed E-state index contributed by atoms with van der Waals surface area (Å²) in [5.74, 6) is -0.787. The van der Waals surface area contributed by atoms with E-state index in [0.29, 0.717) is 17.7 Å². The van der Waals surface area contributed by atoms with Gasteiger partial charge in [0, 0.05) is 0 Å². The average Bonchev–Trinajstić information content (AvgIpc) is 2.83. The number of nitrogens with zero attached hydrogens (tertiary/aromatic N) is 2. The summed E-state index contributed by atoms with van der Waals surface area (Å²) < 4.78 is 0. The second-order valence-electron chi connectivity index (χ2n) is 6.65. The van der Waals surface area contributed by atoms with E-state index in [1.54, 1.807) is 24.3 Å². The largest absolute Gasteiger partial charge is 0.325 e. The number of carbonyl (C=O) groups is 3. The lowest BCUT2D eigenvalue weighted by atomic mass is 9.73. The predicted molar refractivity (Wildman–Crippen MR) is 90.4 cm³/mol. The molecule has 4 amide bonds. The molecule has 0 aromatic heterocycles. The number of benzene rings is 1. The van der Waals surface area contributed by atoms with Crippen LogP contribution in [0.5, 0.6) is 0 Å². The maximum atomic E-state index is 12.8. The highest BCUT2D eigenvalue weighted by Crippen LogP contribution is 2.38. The quantitative estimate of drug-likeness (QED) is 0.822. The summed E-state index contributed by atoms with van der Waals surface area (Å²) in [6.07, 6.45) is 3.40. The predicted octanol–water partition coefficient (Wildman–Crippen LogP) is 2.00. The summed E-state index contributed by atoms with van der Waals surface area (Å²) in [6.45, 7) is 1.60. The molecule has 7 nitrogen and oxygen atoms in total. The molecule has 3 rings (SSSR count). The van der Waals surface area contributed by atoms with Gasteiger partial charge in [-0.3, -0.25) is 14.5 Å². The van der Waals surface area contributed by atoms with E-state index in [1.165, 1.54) is 0 Å². The van der Waals surface area contributed by atoms with Crippen molar-refractivity contribution in [3.8, 4) is 6.07 Å². The van der Waals surface area contributed by atoms with Crippen molar-refractivity contribution >= 4 is 23.5 Å². The number of carbonyl (C=O) groups excluding carboxylic acids is 3. The fourth-order valence-electron chi connectivity index (χ4n) is 3.66. The van der Waals surface area contributed by atoms with Gasteiger partial charge in [0.2, 0.25) is 5.91 Å². The Hall–Kier alpha value is -2.88. The van der Waals surface area contributed by atoms with Gasteiger partial charge in [-0.2, -0.15) is 5.26 Å². The van der Waals surface area contributed by atoms with Gasteiger partial charge in [0.15, 0.2) is 0 Å². The normalized spacial score (nSPS) is 25.6. The highest BCUT2D eigenvalue weighted by molar-refractivity contribution is 6.10. The highest BCUT2D eigenvalue weighted by atomic mass is 16.2. The number of hydrogen-bond acceptors (Lipinski definition) is 4. The van der Waals surface area contributed by atoms with Gasteiger partial charge in [0.05, 0.1) is 11.3 Å². The zero-order chi connectivity index (χ0) is 18.0. The fraction of sp³-hybridized carbons (Fsp3) is 0.444. The second kappa shape index (κ2) is 6.55. The number of rotatable bonds is 3. The van der Waals surface area contributed by atoms with E-state index < -0.39 is 17.5 Å². The van der Waals surface area contributed by atoms with Crippen LogP contribution in [0.2, 0.25) is 0 Å². The van der Waals surface area contributed by atoms with Crippen LogP contribution in [-0.4, -0.2) is 34.8 Å². The number of nitriles is 1. The Morgan fingerprint density at radius 2 is 2.16 bits per heavy atom. The summed E-state index contributed by atoms with van der Waals surface area (Å²) in [5.41, 5.74) is -0.187. The Labute approximate surface area is 146 Å². The average molecular weight is 340 g/mol. The first-order valence-corrected chi connectivity index (χ1v) is 8.41. The third-order valence-corrected chi connectivity index (χ3v) is 5.12. The van der Waals surface area contributed by atoms with Crippen LogP contribution in [0.3, 0.4) is 0 Å². The van der Waals surface area contributed by atoms with Crippen LogP contribution in [0.1, 0.15) is 38.2 Å². The maximum absolute atomic E-state index is 12.8. The number of urea groups is 1. The van der Waals surface area contributed by atoms with Gasteiger partial charge in [-0.1, -0.05) is 31.9 Å². The first-order chi connectivity index (χ1) is 12.0. The first kappa shape index (κ1) is 17.0. The van der Waals surface area contributed by atoms with Crippen LogP contribution in [0.4, 0.5) is 10.5 Å². The Balaban J connectivity index is 1.72. The molecule has 2 fully saturated rings. The Morgan fingerprint density at radius 1 is 1.40 bits per heavy atom. The minimum Gasteiger partial charge on any atom is -0.323 e. The summed E-state index contributed by atoms with van der Waals surface area (Å²) in [6, 6.07) is 8.05. The smallest absolute Gasteiger partial charge is 0.323 e. The minimum atomic E-state index is -0.875. The van der Waals surface area contributed by atoms with Crippen molar-refractivity contribution in [2.75, 3.05) is 11.9 Å². The van der Waals surface area contributed by atoms with E-state index in [2.05, 4.69) is 10.6 Å². The van der Waals surface area contributed by atoms with Gasteiger partial charge < -0.3 is 10.6 Å². The molecule has 1 aliphatic heterocycles. The fourth-order valence-corrected chi connectivity index (χ4v) is 3.66. The lowest BCUT2D eigenvalue weighted by Gasteiger charge is -2.36. The number of anilines is 1. The molecule has 1 saturated carbocycles. The van der Waals surface area contributed by atoms with Gasteiger partial charge in [-0.15, -0.1) is 0 Å². The minimum absolute atomic E-state index is 0.0464. The van der Waals surface area contributed by atoms with Crippen molar-refractivity contribution < 1.29 is 14.4 Å². The lowest BCUT2D eigenvalue weighted by molar-refractivity contribution is -0.136. The number of para-hydroxylation sites is 1. The molecule has 130 valence electrons. The Kier molecular flexibility index (Phi) is 4.45. The third kappa shape index (κ3) is 2.95. The van der Waals surface area contributed by atoms with Crippen LogP contribution < -0.4 is 10.6 Å².